The van der Waals surface area contributed by atoms with Crippen molar-refractivity contribution < 1.29 is 8.83 Å². The van der Waals surface area contributed by atoms with E-state index >= 15 is 0 Å². The summed E-state index contributed by atoms with van der Waals surface area (Å²) in [6, 6.07) is 74.9. The van der Waals surface area contributed by atoms with E-state index in [1.807, 2.05) is 36.4 Å². The number of para-hydroxylation sites is 2. The molecule has 0 spiro atoms. The van der Waals surface area contributed by atoms with Gasteiger partial charge in [0.25, 0.3) is 0 Å². The molecule has 6 heteroatoms. The van der Waals surface area contributed by atoms with E-state index < -0.39 is 0 Å². The minimum atomic E-state index is 0.470. The number of nitrogens with one attached hydrogen (secondary N) is 1. The van der Waals surface area contributed by atoms with E-state index in [0.717, 1.165) is 137 Å². The molecule has 0 amide bonds. The molecule has 0 aliphatic rings. The SMILES string of the molecule is N#Cc1cc(-n2c3ccc(-c4ccc5oc6ccccc6c5c4)cc3c3c4ccccc4ccc32)cc(C=N)c1-n1c2ccc(-c3ccc4oc5ccccc5c4c3)cc2c2c3ccccc3ccc21. The maximum Gasteiger partial charge on any atom is 0.135 e. The molecule has 0 unspecified atom stereocenters. The third kappa shape index (κ3) is 5.40. The van der Waals surface area contributed by atoms with E-state index in [1.54, 1.807) is 0 Å². The molecule has 11 aromatic carbocycles. The highest BCUT2D eigenvalue weighted by Crippen LogP contribution is 2.44. The van der Waals surface area contributed by atoms with Crippen molar-refractivity contribution in [2.75, 3.05) is 0 Å². The molecule has 0 radical (unpaired) electrons. The molecule has 15 aromatic rings. The average molecular weight is 893 g/mol. The van der Waals surface area contributed by atoms with Gasteiger partial charge in [0.1, 0.15) is 28.4 Å². The molecular weight excluding hydrogens is 857 g/mol. The van der Waals surface area contributed by atoms with Crippen LogP contribution in [0.5, 0.6) is 0 Å². The second kappa shape index (κ2) is 14.4. The van der Waals surface area contributed by atoms with Crippen LogP contribution in [-0.4, -0.2) is 15.3 Å². The summed E-state index contributed by atoms with van der Waals surface area (Å²) in [5.74, 6) is 0. The lowest BCUT2D eigenvalue weighted by atomic mass is 9.99. The highest BCUT2D eigenvalue weighted by Gasteiger charge is 2.24. The summed E-state index contributed by atoms with van der Waals surface area (Å²) in [5, 5.41) is 33.7. The lowest BCUT2D eigenvalue weighted by molar-refractivity contribution is 0.668. The number of aromatic nitrogens is 2. The molecule has 0 aliphatic carbocycles. The van der Waals surface area contributed by atoms with Gasteiger partial charge in [-0.05, 0) is 129 Å². The molecule has 4 aromatic heterocycles. The molecule has 0 saturated carbocycles. The summed E-state index contributed by atoms with van der Waals surface area (Å²) in [4.78, 5) is 0. The van der Waals surface area contributed by atoms with E-state index in [1.165, 1.54) is 6.21 Å². The van der Waals surface area contributed by atoms with Gasteiger partial charge in [-0.15, -0.1) is 0 Å². The minimum absolute atomic E-state index is 0.470. The molecule has 0 saturated heterocycles. The van der Waals surface area contributed by atoms with Crippen LogP contribution >= 0.6 is 0 Å². The van der Waals surface area contributed by atoms with Crippen LogP contribution in [0.2, 0.25) is 0 Å². The second-order valence-corrected chi connectivity index (χ2v) is 18.3. The standard InChI is InChI=1S/C64H36N4O2/c65-35-43-29-45(67-54-23-19-39(33-52(54)62-46-11-3-1-9-37(46)17-25-56(62)67)41-21-27-60-50(31-41)48-13-5-7-15-58(48)69-60)30-44(36-66)64(43)68-55-24-20-40(34-53(55)63-47-12-4-2-10-38(47)18-26-57(63)68)42-22-28-61-51(32-42)49-14-6-8-16-59(49)70-61/h1-35,65H. The van der Waals surface area contributed by atoms with Gasteiger partial charge in [-0.2, -0.15) is 5.26 Å². The Kier molecular flexibility index (Phi) is 7.90. The van der Waals surface area contributed by atoms with Gasteiger partial charge in [0, 0.05) is 60.6 Å². The Morgan fingerprint density at radius 1 is 0.386 bits per heavy atom. The summed E-state index contributed by atoms with van der Waals surface area (Å²) < 4.78 is 16.8. The van der Waals surface area contributed by atoms with Crippen LogP contribution in [0.3, 0.4) is 0 Å². The van der Waals surface area contributed by atoms with Crippen molar-refractivity contribution in [1.82, 2.24) is 9.13 Å². The van der Waals surface area contributed by atoms with Crippen LogP contribution in [0.1, 0.15) is 11.1 Å². The Hall–Kier alpha value is -9.70. The van der Waals surface area contributed by atoms with E-state index in [9.17, 15) is 5.26 Å². The number of hydrogen-bond acceptors (Lipinski definition) is 4. The van der Waals surface area contributed by atoms with Crippen molar-refractivity contribution in [2.24, 2.45) is 0 Å². The predicted molar refractivity (Wildman–Crippen MR) is 288 cm³/mol. The van der Waals surface area contributed by atoms with Crippen molar-refractivity contribution in [1.29, 1.82) is 10.7 Å². The quantitative estimate of drug-likeness (QED) is 0.175. The summed E-state index contributed by atoms with van der Waals surface area (Å²) >= 11 is 0. The van der Waals surface area contributed by atoms with Gasteiger partial charge in [0.15, 0.2) is 0 Å². The largest absolute Gasteiger partial charge is 0.456 e. The van der Waals surface area contributed by atoms with Crippen molar-refractivity contribution >= 4 is 115 Å². The first kappa shape index (κ1) is 38.4. The van der Waals surface area contributed by atoms with Crippen LogP contribution in [-0.2, 0) is 0 Å². The maximum absolute atomic E-state index is 11.3. The van der Waals surface area contributed by atoms with Gasteiger partial charge < -0.3 is 23.4 Å². The molecule has 4 heterocycles. The smallest absolute Gasteiger partial charge is 0.135 e. The fourth-order valence-corrected chi connectivity index (χ4v) is 11.5. The molecule has 324 valence electrons. The van der Waals surface area contributed by atoms with Gasteiger partial charge >= 0.3 is 0 Å². The summed E-state index contributed by atoms with van der Waals surface area (Å²) in [7, 11) is 0. The number of hydrogen-bond donors (Lipinski definition) is 1. The van der Waals surface area contributed by atoms with Crippen LogP contribution in [0.15, 0.2) is 215 Å². The average Bonchev–Trinajstić information content (AvgIpc) is 4.17. The molecule has 70 heavy (non-hydrogen) atoms. The molecule has 0 aliphatic heterocycles. The van der Waals surface area contributed by atoms with Crippen LogP contribution in [0.25, 0.3) is 143 Å². The van der Waals surface area contributed by atoms with Crippen molar-refractivity contribution in [2.45, 2.75) is 0 Å². The third-order valence-electron chi connectivity index (χ3n) is 14.6. The molecular formula is C64H36N4O2. The Bertz CT molecular complexity index is 4820. The Balaban J connectivity index is 0.951. The van der Waals surface area contributed by atoms with E-state index in [0.29, 0.717) is 16.8 Å². The second-order valence-electron chi connectivity index (χ2n) is 18.3. The molecule has 6 nitrogen and oxygen atoms in total. The summed E-state index contributed by atoms with van der Waals surface area (Å²) in [6.45, 7) is 0. The zero-order chi connectivity index (χ0) is 46.2. The van der Waals surface area contributed by atoms with Gasteiger partial charge in [-0.1, -0.05) is 121 Å². The molecule has 0 fully saturated rings. The van der Waals surface area contributed by atoms with Gasteiger partial charge in [-0.3, -0.25) is 0 Å². The first-order chi connectivity index (χ1) is 34.6. The zero-order valence-corrected chi connectivity index (χ0v) is 37.4. The molecule has 0 bridgehead atoms. The zero-order valence-electron chi connectivity index (χ0n) is 37.4. The number of nitrogens with zero attached hydrogens (tertiary/aromatic N) is 3. The highest BCUT2D eigenvalue weighted by molar-refractivity contribution is 6.24. The molecule has 0 atom stereocenters. The Labute approximate surface area is 399 Å². The van der Waals surface area contributed by atoms with E-state index in [2.05, 4.69) is 185 Å². The monoisotopic (exact) mass is 892 g/mol. The van der Waals surface area contributed by atoms with Crippen LogP contribution in [0.4, 0.5) is 0 Å². The van der Waals surface area contributed by atoms with Crippen molar-refractivity contribution in [3.63, 3.8) is 0 Å². The third-order valence-corrected chi connectivity index (χ3v) is 14.6. The molecule has 1 N–H and O–H groups in total. The summed E-state index contributed by atoms with van der Waals surface area (Å²) in [5.41, 5.74) is 14.4. The summed E-state index contributed by atoms with van der Waals surface area (Å²) in [6.07, 6.45) is 1.40. The van der Waals surface area contributed by atoms with Gasteiger partial charge in [-0.25, -0.2) is 0 Å². The fraction of sp³-hybridized carbons (Fsp3) is 0. The lowest BCUT2D eigenvalue weighted by Gasteiger charge is -2.17. The lowest BCUT2D eigenvalue weighted by Crippen LogP contribution is -2.06. The van der Waals surface area contributed by atoms with Crippen molar-refractivity contribution in [3.05, 3.63) is 217 Å². The number of rotatable bonds is 5. The number of fused-ring (bicyclic) bond motifs is 16. The van der Waals surface area contributed by atoms with Crippen molar-refractivity contribution in [3.8, 4) is 39.7 Å². The normalized spacial score (nSPS) is 12.0. The van der Waals surface area contributed by atoms with Gasteiger partial charge in [0.05, 0.1) is 33.3 Å². The number of furan rings is 2. The highest BCUT2D eigenvalue weighted by atomic mass is 16.3. The van der Waals surface area contributed by atoms with E-state index in [-0.39, 0.29) is 0 Å². The van der Waals surface area contributed by atoms with E-state index in [4.69, 9.17) is 14.2 Å². The topological polar surface area (TPSA) is 83.8 Å². The van der Waals surface area contributed by atoms with Crippen LogP contribution in [0, 0.1) is 16.7 Å². The Morgan fingerprint density at radius 3 is 1.34 bits per heavy atom. The first-order valence-electron chi connectivity index (χ1n) is 23.4. The number of nitriles is 1. The number of benzene rings is 11. The Morgan fingerprint density at radius 2 is 0.814 bits per heavy atom. The predicted octanol–water partition coefficient (Wildman–Crippen LogP) is 17.2. The first-order valence-corrected chi connectivity index (χ1v) is 23.4. The molecule has 15 rings (SSSR count). The maximum atomic E-state index is 11.3. The van der Waals surface area contributed by atoms with Gasteiger partial charge in [0.2, 0.25) is 0 Å². The van der Waals surface area contributed by atoms with Crippen LogP contribution < -0.4 is 0 Å². The fourth-order valence-electron chi connectivity index (χ4n) is 11.5. The minimum Gasteiger partial charge on any atom is -0.456 e.